The van der Waals surface area contributed by atoms with E-state index < -0.39 is 5.69 Å². The van der Waals surface area contributed by atoms with Crippen molar-refractivity contribution in [1.29, 1.82) is 0 Å². The number of nitrogens with one attached hydrogen (secondary N) is 1. The summed E-state index contributed by atoms with van der Waals surface area (Å²) in [7, 11) is 0. The number of rotatable bonds is 5. The fourth-order valence-electron chi connectivity index (χ4n) is 1.67. The van der Waals surface area contributed by atoms with Gasteiger partial charge in [-0.1, -0.05) is 0 Å². The molecule has 0 saturated heterocycles. The van der Waals surface area contributed by atoms with E-state index >= 15 is 0 Å². The van der Waals surface area contributed by atoms with Crippen molar-refractivity contribution in [3.63, 3.8) is 0 Å². The Labute approximate surface area is 96.8 Å². The Morgan fingerprint density at radius 3 is 2.88 bits per heavy atom. The zero-order chi connectivity index (χ0) is 12.3. The summed E-state index contributed by atoms with van der Waals surface area (Å²) in [6, 6.07) is 0. The highest BCUT2D eigenvalue weighted by atomic mass is 16.3. The Hall–Kier alpha value is -1.73. The van der Waals surface area contributed by atoms with Crippen molar-refractivity contribution in [2.45, 2.75) is 12.8 Å². The summed E-state index contributed by atoms with van der Waals surface area (Å²) in [6.07, 6.45) is 4.20. The smallest absolute Gasteiger partial charge is 0.371 e. The molecular formula is C10H14N4O3. The quantitative estimate of drug-likeness (QED) is 0.616. The predicted octanol–water partition coefficient (Wildman–Crippen LogP) is -1.05. The van der Waals surface area contributed by atoms with E-state index in [-0.39, 0.29) is 19.1 Å². The number of H-pyrrole nitrogens is 1. The maximum atomic E-state index is 11.3. The summed E-state index contributed by atoms with van der Waals surface area (Å²) < 4.78 is 1.20. The van der Waals surface area contributed by atoms with Crippen LogP contribution in [0, 0.1) is 5.92 Å². The van der Waals surface area contributed by atoms with Gasteiger partial charge in [0.1, 0.15) is 5.65 Å². The molecular weight excluding hydrogens is 224 g/mol. The van der Waals surface area contributed by atoms with Crippen LogP contribution >= 0.6 is 0 Å². The minimum Gasteiger partial charge on any atom is -0.396 e. The number of fused-ring (bicyclic) bond motifs is 1. The van der Waals surface area contributed by atoms with Crippen LogP contribution in [0.5, 0.6) is 0 Å². The molecule has 7 heteroatoms. The highest BCUT2D eigenvalue weighted by Crippen LogP contribution is 2.11. The molecule has 0 amide bonds. The lowest BCUT2D eigenvalue weighted by atomic mass is 10.0. The zero-order valence-electron chi connectivity index (χ0n) is 9.20. The van der Waals surface area contributed by atoms with Gasteiger partial charge in [0.05, 0.1) is 12.5 Å². The first-order chi connectivity index (χ1) is 8.26. The van der Waals surface area contributed by atoms with E-state index in [1.807, 2.05) is 0 Å². The first-order valence-corrected chi connectivity index (χ1v) is 5.38. The molecule has 2 aromatic rings. The first kappa shape index (κ1) is 11.7. The number of hydrogen-bond donors (Lipinski definition) is 3. The average Bonchev–Trinajstić information content (AvgIpc) is 2.75. The summed E-state index contributed by atoms with van der Waals surface area (Å²) in [5.41, 5.74) is 1.06. The van der Waals surface area contributed by atoms with Gasteiger partial charge in [-0.15, -0.1) is 0 Å². The third kappa shape index (κ3) is 2.34. The molecule has 0 spiro atoms. The van der Waals surface area contributed by atoms with Gasteiger partial charge in [-0.25, -0.2) is 4.79 Å². The SMILES string of the molecule is O=c1nc[nH]c2c(CCC(CO)CO)cnn12. The van der Waals surface area contributed by atoms with Gasteiger partial charge in [-0.3, -0.25) is 0 Å². The molecule has 0 unspecified atom stereocenters. The van der Waals surface area contributed by atoms with Crippen LogP contribution in [0.25, 0.3) is 5.65 Å². The molecule has 2 rings (SSSR count). The number of aliphatic hydroxyl groups excluding tert-OH is 2. The van der Waals surface area contributed by atoms with Crippen LogP contribution in [0.15, 0.2) is 17.3 Å². The van der Waals surface area contributed by atoms with Crippen LogP contribution in [0.1, 0.15) is 12.0 Å². The first-order valence-electron chi connectivity index (χ1n) is 5.38. The molecule has 0 bridgehead atoms. The Bertz CT molecular complexity index is 544. The molecule has 3 N–H and O–H groups in total. The Balaban J connectivity index is 2.20. The van der Waals surface area contributed by atoms with Crippen LogP contribution in [0.3, 0.4) is 0 Å². The molecule has 0 fully saturated rings. The van der Waals surface area contributed by atoms with E-state index in [2.05, 4.69) is 15.1 Å². The molecule has 0 radical (unpaired) electrons. The van der Waals surface area contributed by atoms with Crippen LogP contribution in [0.2, 0.25) is 0 Å². The minimum absolute atomic E-state index is 0.0478. The number of aliphatic hydroxyl groups is 2. The molecule has 2 aromatic heterocycles. The lowest BCUT2D eigenvalue weighted by molar-refractivity contribution is 0.144. The van der Waals surface area contributed by atoms with Gasteiger partial charge in [0.15, 0.2) is 0 Å². The standard InChI is InChI=1S/C10H14N4O3/c15-4-7(5-16)1-2-8-3-13-14-9(8)11-6-12-10(14)17/h3,6-7,15-16H,1-2,4-5H2,(H,11,12,17). The summed E-state index contributed by atoms with van der Waals surface area (Å²) in [6.45, 7) is -0.0957. The summed E-state index contributed by atoms with van der Waals surface area (Å²) in [5, 5.41) is 21.9. The monoisotopic (exact) mass is 238 g/mol. The largest absolute Gasteiger partial charge is 0.396 e. The van der Waals surface area contributed by atoms with Crippen LogP contribution in [0.4, 0.5) is 0 Å². The Kier molecular flexibility index (Phi) is 3.50. The number of aryl methyl sites for hydroxylation is 1. The van der Waals surface area contributed by atoms with Crippen molar-refractivity contribution in [1.82, 2.24) is 19.6 Å². The van der Waals surface area contributed by atoms with Crippen molar-refractivity contribution in [2.24, 2.45) is 5.92 Å². The van der Waals surface area contributed by atoms with E-state index in [1.165, 1.54) is 10.8 Å². The molecule has 0 aromatic carbocycles. The number of hydrogen-bond acceptors (Lipinski definition) is 5. The normalized spacial score (nSPS) is 11.5. The molecule has 7 nitrogen and oxygen atoms in total. The summed E-state index contributed by atoms with van der Waals surface area (Å²) >= 11 is 0. The van der Waals surface area contributed by atoms with Crippen LogP contribution < -0.4 is 5.69 Å². The van der Waals surface area contributed by atoms with E-state index in [0.29, 0.717) is 18.5 Å². The van der Waals surface area contributed by atoms with Crippen molar-refractivity contribution >= 4 is 5.65 Å². The average molecular weight is 238 g/mol. The number of aromatic nitrogens is 4. The fraction of sp³-hybridized carbons (Fsp3) is 0.500. The molecule has 92 valence electrons. The molecule has 0 atom stereocenters. The number of nitrogens with zero attached hydrogens (tertiary/aromatic N) is 3. The van der Waals surface area contributed by atoms with Gasteiger partial charge in [0, 0.05) is 24.7 Å². The number of aromatic amines is 1. The van der Waals surface area contributed by atoms with Gasteiger partial charge in [-0.05, 0) is 12.8 Å². The van der Waals surface area contributed by atoms with Crippen molar-refractivity contribution < 1.29 is 10.2 Å². The van der Waals surface area contributed by atoms with Gasteiger partial charge < -0.3 is 15.2 Å². The second-order valence-corrected chi connectivity index (χ2v) is 3.89. The second kappa shape index (κ2) is 5.07. The van der Waals surface area contributed by atoms with E-state index in [9.17, 15) is 4.79 Å². The van der Waals surface area contributed by atoms with E-state index in [1.54, 1.807) is 6.20 Å². The van der Waals surface area contributed by atoms with E-state index in [4.69, 9.17) is 10.2 Å². The maximum absolute atomic E-state index is 11.3. The highest BCUT2D eigenvalue weighted by Gasteiger charge is 2.10. The van der Waals surface area contributed by atoms with Gasteiger partial charge in [-0.2, -0.15) is 14.6 Å². The Morgan fingerprint density at radius 2 is 2.18 bits per heavy atom. The molecule has 17 heavy (non-hydrogen) atoms. The fourth-order valence-corrected chi connectivity index (χ4v) is 1.67. The summed E-state index contributed by atoms with van der Waals surface area (Å²) in [4.78, 5) is 17.8. The van der Waals surface area contributed by atoms with Crippen molar-refractivity contribution in [3.05, 3.63) is 28.6 Å². The zero-order valence-corrected chi connectivity index (χ0v) is 9.20. The highest BCUT2D eigenvalue weighted by molar-refractivity contribution is 5.44. The molecule has 0 aliphatic carbocycles. The molecule has 0 aliphatic heterocycles. The van der Waals surface area contributed by atoms with Gasteiger partial charge in [0.25, 0.3) is 0 Å². The lowest BCUT2D eigenvalue weighted by Gasteiger charge is -2.08. The topological polar surface area (TPSA) is 104 Å². The third-order valence-electron chi connectivity index (χ3n) is 2.74. The van der Waals surface area contributed by atoms with Crippen LogP contribution in [-0.2, 0) is 6.42 Å². The van der Waals surface area contributed by atoms with Crippen LogP contribution in [-0.4, -0.2) is 43.0 Å². The third-order valence-corrected chi connectivity index (χ3v) is 2.74. The maximum Gasteiger partial charge on any atom is 0.371 e. The second-order valence-electron chi connectivity index (χ2n) is 3.89. The molecule has 0 saturated carbocycles. The lowest BCUT2D eigenvalue weighted by Crippen LogP contribution is -2.17. The molecule has 0 aliphatic rings. The van der Waals surface area contributed by atoms with Crippen molar-refractivity contribution in [3.8, 4) is 0 Å². The summed E-state index contributed by atoms with van der Waals surface area (Å²) in [5.74, 6) is -0.140. The molecule has 2 heterocycles. The minimum atomic E-state index is -0.425. The van der Waals surface area contributed by atoms with E-state index in [0.717, 1.165) is 5.56 Å². The van der Waals surface area contributed by atoms with Gasteiger partial charge in [0.2, 0.25) is 0 Å². The Morgan fingerprint density at radius 1 is 1.41 bits per heavy atom. The van der Waals surface area contributed by atoms with Crippen molar-refractivity contribution in [2.75, 3.05) is 13.2 Å². The van der Waals surface area contributed by atoms with Gasteiger partial charge >= 0.3 is 5.69 Å². The predicted molar refractivity (Wildman–Crippen MR) is 59.6 cm³/mol.